The number of carbonyl (C=O) groups excluding carboxylic acids is 1. The van der Waals surface area contributed by atoms with Crippen molar-refractivity contribution in [2.24, 2.45) is 10.9 Å². The van der Waals surface area contributed by atoms with E-state index in [0.717, 1.165) is 49.4 Å². The van der Waals surface area contributed by atoms with Gasteiger partial charge in [0.25, 0.3) is 5.56 Å². The standard InChI is InChI=1S/C26H36N6O3/c1-16-13-20-21(14-17(16)2)32(23-22(30-20)24(33)29-18(3)28-23)12-11-31-9-7-19(8-10-31)15-27-25(34)35-26(4,5)6/h13-14,19H,3,7-12,15H2,1-2,4-6H3,(H,27,34)(H,29,33). The van der Waals surface area contributed by atoms with Gasteiger partial charge in [0.2, 0.25) is 0 Å². The van der Waals surface area contributed by atoms with Crippen molar-refractivity contribution in [1.82, 2.24) is 20.2 Å². The van der Waals surface area contributed by atoms with E-state index < -0.39 is 5.60 Å². The maximum atomic E-state index is 12.6. The number of anilines is 2. The van der Waals surface area contributed by atoms with Crippen LogP contribution in [-0.4, -0.2) is 59.3 Å². The maximum absolute atomic E-state index is 12.6. The number of likely N-dealkylation sites (tertiary alicyclic amines) is 1. The van der Waals surface area contributed by atoms with Crippen molar-refractivity contribution in [2.45, 2.75) is 53.1 Å². The van der Waals surface area contributed by atoms with E-state index in [9.17, 15) is 9.59 Å². The van der Waals surface area contributed by atoms with E-state index in [-0.39, 0.29) is 11.7 Å². The highest BCUT2D eigenvalue weighted by Gasteiger charge is 2.26. The first-order valence-corrected chi connectivity index (χ1v) is 12.3. The van der Waals surface area contributed by atoms with E-state index in [1.165, 1.54) is 5.56 Å². The summed E-state index contributed by atoms with van der Waals surface area (Å²) in [7, 11) is 0. The molecule has 1 aromatic carbocycles. The molecule has 4 rings (SSSR count). The Kier molecular flexibility index (Phi) is 6.98. The molecule has 2 aliphatic heterocycles. The van der Waals surface area contributed by atoms with E-state index in [4.69, 9.17) is 4.74 Å². The molecule has 0 atom stereocenters. The van der Waals surface area contributed by atoms with Crippen LogP contribution >= 0.6 is 0 Å². The van der Waals surface area contributed by atoms with Crippen molar-refractivity contribution in [1.29, 1.82) is 0 Å². The summed E-state index contributed by atoms with van der Waals surface area (Å²) in [6.45, 7) is 17.6. The molecule has 188 valence electrons. The van der Waals surface area contributed by atoms with Gasteiger partial charge < -0.3 is 24.8 Å². The Morgan fingerprint density at radius 2 is 1.89 bits per heavy atom. The first kappa shape index (κ1) is 24.9. The number of benzene rings is 1. The molecule has 1 saturated heterocycles. The lowest BCUT2D eigenvalue weighted by molar-refractivity contribution is 0.0510. The maximum Gasteiger partial charge on any atom is 0.407 e. The zero-order valence-corrected chi connectivity index (χ0v) is 21.4. The van der Waals surface area contributed by atoms with Crippen LogP contribution in [0.15, 0.2) is 21.9 Å². The number of ether oxygens (including phenoxy) is 1. The quantitative estimate of drug-likeness (QED) is 0.682. The van der Waals surface area contributed by atoms with Crippen LogP contribution in [-0.2, 0) is 4.74 Å². The number of carbonyl (C=O) groups is 1. The fourth-order valence-electron chi connectivity index (χ4n) is 4.54. The summed E-state index contributed by atoms with van der Waals surface area (Å²) in [5, 5.41) is 3.24. The van der Waals surface area contributed by atoms with Crippen molar-refractivity contribution in [3.05, 3.63) is 44.5 Å². The largest absolute Gasteiger partial charge is 0.444 e. The molecule has 0 aliphatic carbocycles. The molecule has 0 bridgehead atoms. The second-order valence-electron chi connectivity index (χ2n) is 10.5. The molecule has 1 fully saturated rings. The molecule has 2 N–H and O–H groups in total. The molecule has 1 amide bonds. The Hall–Kier alpha value is -3.20. The van der Waals surface area contributed by atoms with Gasteiger partial charge in [-0.15, -0.1) is 0 Å². The van der Waals surface area contributed by atoms with E-state index in [1.54, 1.807) is 0 Å². The summed E-state index contributed by atoms with van der Waals surface area (Å²) in [6.07, 6.45) is 1.67. The number of hydrogen-bond acceptors (Lipinski definition) is 7. The summed E-state index contributed by atoms with van der Waals surface area (Å²) in [5.41, 5.74) is 3.64. The molecule has 0 spiro atoms. The summed E-state index contributed by atoms with van der Waals surface area (Å²) >= 11 is 0. The van der Waals surface area contributed by atoms with E-state index >= 15 is 0 Å². The van der Waals surface area contributed by atoms with Gasteiger partial charge in [-0.2, -0.15) is 0 Å². The van der Waals surface area contributed by atoms with Crippen molar-refractivity contribution in [3.63, 3.8) is 0 Å². The SMILES string of the molecule is C=c1nc2c(c(=O)[nH]1)=Nc1cc(C)c(C)cc1N2CCN1CCC(CNC(=O)OC(C)(C)C)CC1. The molecular weight excluding hydrogens is 444 g/mol. The van der Waals surface area contributed by atoms with Gasteiger partial charge in [0.15, 0.2) is 11.2 Å². The first-order valence-electron chi connectivity index (χ1n) is 12.3. The molecule has 3 heterocycles. The highest BCUT2D eigenvalue weighted by atomic mass is 16.6. The second kappa shape index (κ2) is 9.81. The predicted octanol–water partition coefficient (Wildman–Crippen LogP) is 2.44. The molecule has 0 radical (unpaired) electrons. The number of H-pyrrole nitrogens is 1. The summed E-state index contributed by atoms with van der Waals surface area (Å²) < 4.78 is 5.34. The Morgan fingerprint density at radius 3 is 2.57 bits per heavy atom. The minimum absolute atomic E-state index is 0.271. The Balaban J connectivity index is 1.41. The number of aromatic nitrogens is 2. The summed E-state index contributed by atoms with van der Waals surface area (Å²) in [6, 6.07) is 4.15. The lowest BCUT2D eigenvalue weighted by Crippen LogP contribution is -2.45. The predicted molar refractivity (Wildman–Crippen MR) is 137 cm³/mol. The van der Waals surface area contributed by atoms with Crippen LogP contribution in [0.25, 0.3) is 6.58 Å². The average Bonchev–Trinajstić information content (AvgIpc) is 2.76. The number of piperidine rings is 1. The van der Waals surface area contributed by atoms with Crippen LogP contribution in [0.4, 0.5) is 22.0 Å². The number of aromatic amines is 1. The molecule has 0 unspecified atom stereocenters. The van der Waals surface area contributed by atoms with Crippen LogP contribution in [0.2, 0.25) is 0 Å². The third-order valence-electron chi connectivity index (χ3n) is 6.58. The van der Waals surface area contributed by atoms with Crippen molar-refractivity contribution in [3.8, 4) is 0 Å². The fourth-order valence-corrected chi connectivity index (χ4v) is 4.54. The molecule has 0 saturated carbocycles. The monoisotopic (exact) mass is 480 g/mol. The van der Waals surface area contributed by atoms with Crippen molar-refractivity contribution in [2.75, 3.05) is 37.6 Å². The normalized spacial score (nSPS) is 16.3. The smallest absolute Gasteiger partial charge is 0.407 e. The number of rotatable bonds is 5. The van der Waals surface area contributed by atoms with Crippen LogP contribution in [0.5, 0.6) is 0 Å². The number of nitrogens with zero attached hydrogens (tertiary/aromatic N) is 4. The van der Waals surface area contributed by atoms with Crippen LogP contribution < -0.4 is 26.6 Å². The number of nitrogens with one attached hydrogen (secondary N) is 2. The minimum Gasteiger partial charge on any atom is -0.444 e. The van der Waals surface area contributed by atoms with Crippen LogP contribution in [0.1, 0.15) is 44.7 Å². The Morgan fingerprint density at radius 1 is 1.20 bits per heavy atom. The molecule has 1 aromatic heterocycles. The van der Waals surface area contributed by atoms with Gasteiger partial charge in [0.05, 0.1) is 11.4 Å². The number of hydrogen-bond donors (Lipinski definition) is 2. The first-order chi connectivity index (χ1) is 16.5. The zero-order valence-electron chi connectivity index (χ0n) is 21.4. The number of amides is 1. The van der Waals surface area contributed by atoms with E-state index in [2.05, 4.69) is 49.6 Å². The third-order valence-corrected chi connectivity index (χ3v) is 6.58. The van der Waals surface area contributed by atoms with Gasteiger partial charge >= 0.3 is 6.09 Å². The highest BCUT2D eigenvalue weighted by molar-refractivity contribution is 5.77. The highest BCUT2D eigenvalue weighted by Crippen LogP contribution is 2.36. The summed E-state index contributed by atoms with van der Waals surface area (Å²) in [4.78, 5) is 40.9. The Labute approximate surface area is 205 Å². The van der Waals surface area contributed by atoms with E-state index in [1.807, 2.05) is 33.8 Å². The van der Waals surface area contributed by atoms with Crippen LogP contribution in [0, 0.1) is 19.8 Å². The van der Waals surface area contributed by atoms with Gasteiger partial charge in [0, 0.05) is 19.6 Å². The van der Waals surface area contributed by atoms with Gasteiger partial charge in [0.1, 0.15) is 11.1 Å². The Bertz CT molecular complexity index is 1270. The average molecular weight is 481 g/mol. The van der Waals surface area contributed by atoms with Crippen molar-refractivity contribution < 1.29 is 9.53 Å². The van der Waals surface area contributed by atoms with Crippen molar-refractivity contribution >= 4 is 29.9 Å². The molecule has 9 nitrogen and oxygen atoms in total. The number of fused-ring (bicyclic) bond motifs is 2. The molecule has 2 aliphatic rings. The van der Waals surface area contributed by atoms with E-state index in [0.29, 0.717) is 35.7 Å². The second-order valence-corrected chi connectivity index (χ2v) is 10.5. The molecule has 9 heteroatoms. The van der Waals surface area contributed by atoms with Gasteiger partial charge in [-0.25, -0.2) is 14.8 Å². The zero-order chi connectivity index (χ0) is 25.3. The minimum atomic E-state index is -0.488. The van der Waals surface area contributed by atoms with Gasteiger partial charge in [-0.1, -0.05) is 6.58 Å². The number of aryl methyl sites for hydroxylation is 2. The lowest BCUT2D eigenvalue weighted by atomic mass is 9.97. The third kappa shape index (κ3) is 5.90. The molecule has 2 aromatic rings. The lowest BCUT2D eigenvalue weighted by Gasteiger charge is -2.35. The number of alkyl carbamates (subject to hydrolysis) is 1. The van der Waals surface area contributed by atoms with Gasteiger partial charge in [-0.3, -0.25) is 4.79 Å². The summed E-state index contributed by atoms with van der Waals surface area (Å²) in [5.74, 6) is 1.000. The van der Waals surface area contributed by atoms with Crippen LogP contribution in [0.3, 0.4) is 0 Å². The topological polar surface area (TPSA) is 103 Å². The fraction of sp³-hybridized carbons (Fsp3) is 0.538. The van der Waals surface area contributed by atoms with Gasteiger partial charge in [-0.05, 0) is 89.7 Å². The molecular formula is C26H36N6O3. The molecule has 35 heavy (non-hydrogen) atoms.